The molecule has 0 bridgehead atoms. The van der Waals surface area contributed by atoms with E-state index in [1.165, 1.54) is 0 Å². The van der Waals surface area contributed by atoms with Gasteiger partial charge in [-0.05, 0) is 19.3 Å². The predicted molar refractivity (Wildman–Crippen MR) is 55.3 cm³/mol. The summed E-state index contributed by atoms with van der Waals surface area (Å²) in [6.45, 7) is 1.98. The Labute approximate surface area is 89.0 Å². The highest BCUT2D eigenvalue weighted by molar-refractivity contribution is 6.22. The molecule has 2 nitrogen and oxygen atoms in total. The Morgan fingerprint density at radius 2 is 2.00 bits per heavy atom. The maximum Gasteiger partial charge on any atom is 0.223 e. The average Bonchev–Trinajstić information content (AvgIpc) is 2.97. The van der Waals surface area contributed by atoms with Crippen molar-refractivity contribution in [3.8, 4) is 0 Å². The predicted octanol–water partition coefficient (Wildman–Crippen LogP) is 2.14. The van der Waals surface area contributed by atoms with Crippen molar-refractivity contribution >= 4 is 29.1 Å². The van der Waals surface area contributed by atoms with E-state index in [0.717, 1.165) is 19.3 Å². The molecule has 1 N–H and O–H groups in total. The lowest BCUT2D eigenvalue weighted by Crippen LogP contribution is -2.51. The second-order valence-electron chi connectivity index (χ2n) is 3.66. The molecule has 0 aromatic heterocycles. The van der Waals surface area contributed by atoms with Crippen LogP contribution in [0.15, 0.2) is 0 Å². The van der Waals surface area contributed by atoms with Crippen LogP contribution in [0, 0.1) is 5.92 Å². The zero-order valence-electron chi connectivity index (χ0n) is 7.78. The van der Waals surface area contributed by atoms with E-state index in [-0.39, 0.29) is 11.8 Å². The van der Waals surface area contributed by atoms with Crippen molar-refractivity contribution in [1.29, 1.82) is 0 Å². The standard InChI is InChI=1S/C9H15Cl2NO/c1-2-9(5-10,6-11)12-8(13)7-3-4-7/h7H,2-6H2,1H3,(H,12,13). The van der Waals surface area contributed by atoms with Gasteiger partial charge in [-0.3, -0.25) is 4.79 Å². The fraction of sp³-hybridized carbons (Fsp3) is 0.889. The van der Waals surface area contributed by atoms with Crippen LogP contribution in [-0.4, -0.2) is 23.2 Å². The number of rotatable bonds is 5. The number of halogens is 2. The first-order chi connectivity index (χ1) is 6.17. The summed E-state index contributed by atoms with van der Waals surface area (Å²) >= 11 is 11.6. The van der Waals surface area contributed by atoms with Crippen LogP contribution in [0.2, 0.25) is 0 Å². The molecule has 0 heterocycles. The number of hydrogen-bond acceptors (Lipinski definition) is 1. The van der Waals surface area contributed by atoms with Crippen LogP contribution in [0.1, 0.15) is 26.2 Å². The number of amides is 1. The van der Waals surface area contributed by atoms with Crippen LogP contribution < -0.4 is 5.32 Å². The molecule has 1 aliphatic rings. The van der Waals surface area contributed by atoms with Gasteiger partial charge >= 0.3 is 0 Å². The molecule has 0 aromatic rings. The van der Waals surface area contributed by atoms with Crippen molar-refractivity contribution in [2.45, 2.75) is 31.7 Å². The van der Waals surface area contributed by atoms with Gasteiger partial charge in [-0.1, -0.05) is 6.92 Å². The monoisotopic (exact) mass is 223 g/mol. The third-order valence-corrected chi connectivity index (χ3v) is 3.55. The molecule has 76 valence electrons. The van der Waals surface area contributed by atoms with Gasteiger partial charge in [0, 0.05) is 17.7 Å². The minimum absolute atomic E-state index is 0.114. The summed E-state index contributed by atoms with van der Waals surface area (Å²) < 4.78 is 0. The minimum Gasteiger partial charge on any atom is -0.348 e. The highest BCUT2D eigenvalue weighted by Gasteiger charge is 2.35. The first-order valence-corrected chi connectivity index (χ1v) is 5.68. The van der Waals surface area contributed by atoms with E-state index >= 15 is 0 Å². The first kappa shape index (κ1) is 11.1. The molecule has 1 saturated carbocycles. The van der Waals surface area contributed by atoms with Gasteiger partial charge in [0.25, 0.3) is 0 Å². The third kappa shape index (κ3) is 2.75. The maximum absolute atomic E-state index is 11.5. The highest BCUT2D eigenvalue weighted by Crippen LogP contribution is 2.30. The molecule has 1 aliphatic carbocycles. The molecular weight excluding hydrogens is 209 g/mol. The SMILES string of the molecule is CCC(CCl)(CCl)NC(=O)C1CC1. The van der Waals surface area contributed by atoms with Crippen LogP contribution >= 0.6 is 23.2 Å². The van der Waals surface area contributed by atoms with Crippen molar-refractivity contribution in [3.63, 3.8) is 0 Å². The summed E-state index contributed by atoms with van der Waals surface area (Å²) in [5, 5.41) is 2.94. The van der Waals surface area contributed by atoms with Gasteiger partial charge in [-0.2, -0.15) is 0 Å². The Morgan fingerprint density at radius 1 is 1.46 bits per heavy atom. The second kappa shape index (κ2) is 4.52. The van der Waals surface area contributed by atoms with E-state index in [2.05, 4.69) is 5.32 Å². The number of nitrogens with one attached hydrogen (secondary N) is 1. The second-order valence-corrected chi connectivity index (χ2v) is 4.20. The van der Waals surface area contributed by atoms with Gasteiger partial charge in [0.1, 0.15) is 0 Å². The summed E-state index contributed by atoms with van der Waals surface area (Å²) in [6, 6.07) is 0. The topological polar surface area (TPSA) is 29.1 Å². The summed E-state index contributed by atoms with van der Waals surface area (Å²) in [5.74, 6) is 1.09. The Kier molecular flexibility index (Phi) is 3.87. The number of hydrogen-bond donors (Lipinski definition) is 1. The van der Waals surface area contributed by atoms with Crippen LogP contribution in [0.25, 0.3) is 0 Å². The molecule has 1 rings (SSSR count). The highest BCUT2D eigenvalue weighted by atomic mass is 35.5. The molecular formula is C9H15Cl2NO. The molecule has 4 heteroatoms. The van der Waals surface area contributed by atoms with E-state index in [0.29, 0.717) is 11.8 Å². The average molecular weight is 224 g/mol. The lowest BCUT2D eigenvalue weighted by Gasteiger charge is -2.29. The van der Waals surface area contributed by atoms with Crippen LogP contribution in [0.3, 0.4) is 0 Å². The molecule has 13 heavy (non-hydrogen) atoms. The largest absolute Gasteiger partial charge is 0.348 e. The van der Waals surface area contributed by atoms with Crippen molar-refractivity contribution in [2.24, 2.45) is 5.92 Å². The molecule has 0 spiro atoms. The van der Waals surface area contributed by atoms with Crippen LogP contribution in [0.4, 0.5) is 0 Å². The Balaban J connectivity index is 2.49. The Bertz CT molecular complexity index is 180. The maximum atomic E-state index is 11.5. The molecule has 0 unspecified atom stereocenters. The smallest absolute Gasteiger partial charge is 0.223 e. The summed E-state index contributed by atoms with van der Waals surface area (Å²) in [5.41, 5.74) is -0.400. The van der Waals surface area contributed by atoms with E-state index < -0.39 is 5.54 Å². The summed E-state index contributed by atoms with van der Waals surface area (Å²) in [7, 11) is 0. The Hall–Kier alpha value is 0.0500. The number of carbonyl (C=O) groups excluding carboxylic acids is 1. The minimum atomic E-state index is -0.400. The fourth-order valence-corrected chi connectivity index (χ4v) is 1.89. The number of carbonyl (C=O) groups is 1. The van der Waals surface area contributed by atoms with Crippen LogP contribution in [-0.2, 0) is 4.79 Å². The molecule has 0 aliphatic heterocycles. The van der Waals surface area contributed by atoms with Crippen molar-refractivity contribution in [3.05, 3.63) is 0 Å². The third-order valence-electron chi connectivity index (χ3n) is 2.52. The van der Waals surface area contributed by atoms with Gasteiger partial charge < -0.3 is 5.32 Å². The van der Waals surface area contributed by atoms with E-state index in [4.69, 9.17) is 23.2 Å². The van der Waals surface area contributed by atoms with Crippen molar-refractivity contribution < 1.29 is 4.79 Å². The quantitative estimate of drug-likeness (QED) is 0.712. The zero-order valence-corrected chi connectivity index (χ0v) is 9.29. The summed E-state index contributed by atoms with van der Waals surface area (Å²) in [4.78, 5) is 11.5. The lowest BCUT2D eigenvalue weighted by atomic mass is 10.0. The Morgan fingerprint density at radius 3 is 2.31 bits per heavy atom. The molecule has 0 aromatic carbocycles. The van der Waals surface area contributed by atoms with E-state index in [9.17, 15) is 4.79 Å². The van der Waals surface area contributed by atoms with Gasteiger partial charge in [0.05, 0.1) is 5.54 Å². The molecule has 0 atom stereocenters. The normalized spacial score (nSPS) is 17.2. The van der Waals surface area contributed by atoms with Gasteiger partial charge in [-0.25, -0.2) is 0 Å². The molecule has 1 amide bonds. The van der Waals surface area contributed by atoms with E-state index in [1.807, 2.05) is 6.92 Å². The summed E-state index contributed by atoms with van der Waals surface area (Å²) in [6.07, 6.45) is 2.80. The van der Waals surface area contributed by atoms with Crippen molar-refractivity contribution in [2.75, 3.05) is 11.8 Å². The molecule has 1 fully saturated rings. The lowest BCUT2D eigenvalue weighted by molar-refractivity contribution is -0.123. The van der Waals surface area contributed by atoms with Gasteiger partial charge in [0.2, 0.25) is 5.91 Å². The van der Waals surface area contributed by atoms with Gasteiger partial charge in [0.15, 0.2) is 0 Å². The first-order valence-electron chi connectivity index (χ1n) is 4.61. The van der Waals surface area contributed by atoms with Crippen molar-refractivity contribution in [1.82, 2.24) is 5.32 Å². The fourth-order valence-electron chi connectivity index (χ4n) is 1.09. The molecule has 0 saturated heterocycles. The number of alkyl halides is 2. The van der Waals surface area contributed by atoms with E-state index in [1.54, 1.807) is 0 Å². The van der Waals surface area contributed by atoms with Crippen LogP contribution in [0.5, 0.6) is 0 Å². The van der Waals surface area contributed by atoms with Gasteiger partial charge in [-0.15, -0.1) is 23.2 Å². The molecule has 0 radical (unpaired) electrons. The zero-order chi connectivity index (χ0) is 9.90.